The van der Waals surface area contributed by atoms with Crippen LogP contribution in [0.15, 0.2) is 40.3 Å². The second-order valence-corrected chi connectivity index (χ2v) is 10.1. The summed E-state index contributed by atoms with van der Waals surface area (Å²) in [4.78, 5) is 20.4. The van der Waals surface area contributed by atoms with Crippen LogP contribution in [0.25, 0.3) is 10.9 Å². The molecule has 1 aliphatic heterocycles. The number of fused-ring (bicyclic) bond motifs is 1. The van der Waals surface area contributed by atoms with Gasteiger partial charge in [-0.3, -0.25) is 14.3 Å². The third kappa shape index (κ3) is 5.39. The molecule has 0 radical (unpaired) electrons. The van der Waals surface area contributed by atoms with Crippen LogP contribution in [0.1, 0.15) is 23.6 Å². The van der Waals surface area contributed by atoms with Crippen molar-refractivity contribution in [1.29, 1.82) is 0 Å². The number of thioether (sulfide) groups is 1. The molecule has 0 atom stereocenters. The fraction of sp³-hybridized carbons (Fsp3) is 0.391. The van der Waals surface area contributed by atoms with Gasteiger partial charge in [0.05, 0.1) is 34.4 Å². The average molecular weight is 531 g/mol. The van der Waals surface area contributed by atoms with E-state index in [-0.39, 0.29) is 34.6 Å². The summed E-state index contributed by atoms with van der Waals surface area (Å²) in [6.07, 6.45) is -3.33. The molecule has 11 heteroatoms. The van der Waals surface area contributed by atoms with Crippen LogP contribution in [-0.4, -0.2) is 46.4 Å². The van der Waals surface area contributed by atoms with E-state index in [0.717, 1.165) is 22.3 Å². The molecule has 1 saturated heterocycles. The maximum atomic E-state index is 14.0. The molecule has 3 aromatic rings. The van der Waals surface area contributed by atoms with E-state index in [9.17, 15) is 18.0 Å². The molecule has 2 heterocycles. The molecule has 0 amide bonds. The highest BCUT2D eigenvalue weighted by Gasteiger charge is 2.36. The van der Waals surface area contributed by atoms with Crippen molar-refractivity contribution in [2.45, 2.75) is 31.1 Å². The van der Waals surface area contributed by atoms with Crippen LogP contribution in [0.5, 0.6) is 0 Å². The Labute approximate surface area is 209 Å². The number of aromatic nitrogens is 2. The van der Waals surface area contributed by atoms with E-state index in [1.165, 1.54) is 10.9 Å². The smallest absolute Gasteiger partial charge is 0.314 e. The SMILES string of the molecule is CCSc1ccc(Cl)cc1Cn1cnc2c(Cl)c(CN3CCNCC3)c(C(F)(F)F)cc2c1=O. The van der Waals surface area contributed by atoms with E-state index in [1.807, 2.05) is 17.9 Å². The van der Waals surface area contributed by atoms with Gasteiger partial charge in [-0.15, -0.1) is 11.8 Å². The van der Waals surface area contributed by atoms with Crippen LogP contribution in [0.4, 0.5) is 13.2 Å². The number of piperazine rings is 1. The molecule has 1 fully saturated rings. The van der Waals surface area contributed by atoms with Crippen molar-refractivity contribution in [3.05, 3.63) is 67.7 Å². The van der Waals surface area contributed by atoms with Crippen molar-refractivity contribution in [2.24, 2.45) is 0 Å². The highest BCUT2D eigenvalue weighted by atomic mass is 35.5. The summed E-state index contributed by atoms with van der Waals surface area (Å²) in [6, 6.07) is 6.28. The lowest BCUT2D eigenvalue weighted by atomic mass is 10.0. The Bertz CT molecular complexity index is 1260. The maximum absolute atomic E-state index is 14.0. The molecule has 1 aromatic heterocycles. The van der Waals surface area contributed by atoms with Gasteiger partial charge < -0.3 is 5.32 Å². The van der Waals surface area contributed by atoms with Crippen molar-refractivity contribution in [3.63, 3.8) is 0 Å². The molecule has 2 aromatic carbocycles. The average Bonchev–Trinajstić information content (AvgIpc) is 2.79. The Morgan fingerprint density at radius 1 is 1.15 bits per heavy atom. The zero-order valence-electron chi connectivity index (χ0n) is 18.4. The third-order valence-electron chi connectivity index (χ3n) is 5.72. The van der Waals surface area contributed by atoms with Crippen LogP contribution >= 0.6 is 35.0 Å². The minimum absolute atomic E-state index is 0.0379. The molecule has 1 aliphatic rings. The third-order valence-corrected chi connectivity index (χ3v) is 7.36. The van der Waals surface area contributed by atoms with Gasteiger partial charge in [0.25, 0.3) is 5.56 Å². The summed E-state index contributed by atoms with van der Waals surface area (Å²) in [5.74, 6) is 0.819. The summed E-state index contributed by atoms with van der Waals surface area (Å²) in [6.45, 7) is 4.78. The minimum atomic E-state index is -4.66. The number of hydrogen-bond donors (Lipinski definition) is 1. The number of hydrogen-bond acceptors (Lipinski definition) is 5. The number of nitrogens with zero attached hydrogens (tertiary/aromatic N) is 3. The normalized spacial score (nSPS) is 15.2. The van der Waals surface area contributed by atoms with Gasteiger partial charge in [0, 0.05) is 42.6 Å². The van der Waals surface area contributed by atoms with Gasteiger partial charge in [-0.1, -0.05) is 30.1 Å². The van der Waals surface area contributed by atoms with Gasteiger partial charge in [-0.25, -0.2) is 4.98 Å². The monoisotopic (exact) mass is 530 g/mol. The molecule has 0 bridgehead atoms. The van der Waals surface area contributed by atoms with Crippen LogP contribution in [0.3, 0.4) is 0 Å². The van der Waals surface area contributed by atoms with E-state index in [4.69, 9.17) is 23.2 Å². The van der Waals surface area contributed by atoms with E-state index >= 15 is 0 Å². The first kappa shape index (κ1) is 25.3. The zero-order valence-corrected chi connectivity index (χ0v) is 20.7. The van der Waals surface area contributed by atoms with Crippen LogP contribution in [0.2, 0.25) is 10.0 Å². The van der Waals surface area contributed by atoms with Gasteiger partial charge in [-0.2, -0.15) is 13.2 Å². The molecule has 34 heavy (non-hydrogen) atoms. The van der Waals surface area contributed by atoms with Gasteiger partial charge in [-0.05, 0) is 41.1 Å². The van der Waals surface area contributed by atoms with Crippen molar-refractivity contribution in [1.82, 2.24) is 19.8 Å². The first-order chi connectivity index (χ1) is 16.2. The molecular weight excluding hydrogens is 508 g/mol. The highest BCUT2D eigenvalue weighted by Crippen LogP contribution is 2.39. The summed E-state index contributed by atoms with van der Waals surface area (Å²) in [5, 5.41) is 3.40. The second kappa shape index (κ2) is 10.5. The second-order valence-electron chi connectivity index (χ2n) is 8.00. The predicted octanol–water partition coefficient (Wildman–Crippen LogP) is 5.29. The number of nitrogens with one attached hydrogen (secondary N) is 1. The summed E-state index contributed by atoms with van der Waals surface area (Å²) < 4.78 is 43.4. The van der Waals surface area contributed by atoms with Crippen LogP contribution < -0.4 is 10.9 Å². The number of rotatable bonds is 6. The van der Waals surface area contributed by atoms with Gasteiger partial charge >= 0.3 is 6.18 Å². The molecule has 0 spiro atoms. The first-order valence-corrected chi connectivity index (χ1v) is 12.5. The van der Waals surface area contributed by atoms with Crippen molar-refractivity contribution in [2.75, 3.05) is 31.9 Å². The highest BCUT2D eigenvalue weighted by molar-refractivity contribution is 7.99. The van der Waals surface area contributed by atoms with Crippen molar-refractivity contribution < 1.29 is 13.2 Å². The quantitative estimate of drug-likeness (QED) is 0.439. The topological polar surface area (TPSA) is 50.2 Å². The molecule has 182 valence electrons. The van der Waals surface area contributed by atoms with E-state index < -0.39 is 17.3 Å². The maximum Gasteiger partial charge on any atom is 0.416 e. The number of alkyl halides is 3. The Morgan fingerprint density at radius 2 is 1.88 bits per heavy atom. The Kier molecular flexibility index (Phi) is 7.79. The molecule has 1 N–H and O–H groups in total. The van der Waals surface area contributed by atoms with Crippen molar-refractivity contribution in [3.8, 4) is 0 Å². The standard InChI is InChI=1S/C23H23Cl2F3N4OS/c1-2-34-19-4-3-15(24)9-14(19)11-32-13-30-21-16(22(32)33)10-18(23(26,27)28)17(20(21)25)12-31-7-5-29-6-8-31/h3-4,9-10,13,29H,2,5-8,11-12H2,1H3. The van der Waals surface area contributed by atoms with Gasteiger partial charge in [0.1, 0.15) is 0 Å². The molecule has 5 nitrogen and oxygen atoms in total. The van der Waals surface area contributed by atoms with E-state index in [2.05, 4.69) is 10.3 Å². The van der Waals surface area contributed by atoms with E-state index in [1.54, 1.807) is 23.9 Å². The summed E-state index contributed by atoms with van der Waals surface area (Å²) in [7, 11) is 0. The summed E-state index contributed by atoms with van der Waals surface area (Å²) in [5.41, 5.74) is -0.663. The Morgan fingerprint density at radius 3 is 2.56 bits per heavy atom. The lowest BCUT2D eigenvalue weighted by Gasteiger charge is -2.29. The summed E-state index contributed by atoms with van der Waals surface area (Å²) >= 11 is 14.2. The Hall–Kier alpha value is -1.78. The number of benzene rings is 2. The fourth-order valence-corrected chi connectivity index (χ4v) is 5.36. The lowest BCUT2D eigenvalue weighted by molar-refractivity contribution is -0.138. The largest absolute Gasteiger partial charge is 0.416 e. The molecule has 0 unspecified atom stereocenters. The van der Waals surface area contributed by atoms with Crippen LogP contribution in [-0.2, 0) is 19.3 Å². The molecule has 4 rings (SSSR count). The van der Waals surface area contributed by atoms with Gasteiger partial charge in [0.2, 0.25) is 0 Å². The lowest BCUT2D eigenvalue weighted by Crippen LogP contribution is -2.43. The Balaban J connectivity index is 1.81. The van der Waals surface area contributed by atoms with Gasteiger partial charge in [0.15, 0.2) is 0 Å². The van der Waals surface area contributed by atoms with Crippen molar-refractivity contribution >= 4 is 45.9 Å². The fourth-order valence-electron chi connectivity index (χ4n) is 4.07. The predicted molar refractivity (Wildman–Crippen MR) is 131 cm³/mol. The van der Waals surface area contributed by atoms with Crippen LogP contribution in [0, 0.1) is 0 Å². The molecular formula is C23H23Cl2F3N4OS. The molecule has 0 saturated carbocycles. The zero-order chi connectivity index (χ0) is 24.5. The first-order valence-electron chi connectivity index (χ1n) is 10.8. The van der Waals surface area contributed by atoms with E-state index in [0.29, 0.717) is 31.2 Å². The molecule has 0 aliphatic carbocycles. The minimum Gasteiger partial charge on any atom is -0.314 e. The number of halogens is 5.